The van der Waals surface area contributed by atoms with Crippen LogP contribution < -0.4 is 16.2 Å². The molecule has 4 aromatic rings. The zero-order chi connectivity index (χ0) is 25.9. The average Bonchev–Trinajstić information content (AvgIpc) is 3.70. The lowest BCUT2D eigenvalue weighted by molar-refractivity contribution is 0.0247. The normalized spacial score (nSPS) is 17.1. The quantitative estimate of drug-likeness (QED) is 0.368. The van der Waals surface area contributed by atoms with Gasteiger partial charge in [-0.25, -0.2) is 23.7 Å². The molecule has 1 aliphatic carbocycles. The molecule has 1 fully saturated rings. The van der Waals surface area contributed by atoms with Crippen molar-refractivity contribution in [2.75, 3.05) is 11.9 Å². The zero-order valence-corrected chi connectivity index (χ0v) is 21.1. The van der Waals surface area contributed by atoms with Gasteiger partial charge in [0.05, 0.1) is 0 Å². The van der Waals surface area contributed by atoms with E-state index in [2.05, 4.69) is 32.7 Å². The minimum Gasteiger partial charge on any atom is -0.383 e. The van der Waals surface area contributed by atoms with E-state index in [1.165, 1.54) is 34.1 Å². The molecule has 1 unspecified atom stereocenters. The summed E-state index contributed by atoms with van der Waals surface area (Å²) in [6.45, 7) is 7.15. The molecule has 0 amide bonds. The fourth-order valence-corrected chi connectivity index (χ4v) is 5.18. The van der Waals surface area contributed by atoms with Crippen molar-refractivity contribution in [1.29, 1.82) is 0 Å². The van der Waals surface area contributed by atoms with Crippen LogP contribution >= 0.6 is 0 Å². The molecule has 0 radical (unpaired) electrons. The molecule has 192 valence electrons. The molecule has 10 heteroatoms. The fourth-order valence-electron chi connectivity index (χ4n) is 5.18. The zero-order valence-electron chi connectivity index (χ0n) is 21.1. The molecule has 6 rings (SSSR count). The van der Waals surface area contributed by atoms with Gasteiger partial charge < -0.3 is 15.7 Å². The summed E-state index contributed by atoms with van der Waals surface area (Å²) < 4.78 is 18.0. The van der Waals surface area contributed by atoms with Gasteiger partial charge in [-0.15, -0.1) is 0 Å². The first kappa shape index (κ1) is 23.7. The monoisotopic (exact) mass is 503 g/mol. The maximum atomic E-state index is 14.8. The predicted octanol–water partition coefficient (Wildman–Crippen LogP) is 3.70. The Morgan fingerprint density at radius 3 is 2.76 bits per heavy atom. The highest BCUT2D eigenvalue weighted by molar-refractivity contribution is 5.77. The van der Waals surface area contributed by atoms with Crippen molar-refractivity contribution in [1.82, 2.24) is 29.6 Å². The summed E-state index contributed by atoms with van der Waals surface area (Å²) in [4.78, 5) is 27.0. The first-order valence-corrected chi connectivity index (χ1v) is 12.7. The second-order valence-electron chi connectivity index (χ2n) is 10.4. The Balaban J connectivity index is 1.47. The minimum absolute atomic E-state index is 0.0211. The molecule has 0 saturated heterocycles. The summed E-state index contributed by atoms with van der Waals surface area (Å²) in [5, 5.41) is 18.0. The van der Waals surface area contributed by atoms with Gasteiger partial charge in [-0.1, -0.05) is 6.07 Å². The van der Waals surface area contributed by atoms with Crippen LogP contribution in [0, 0.1) is 11.7 Å². The van der Waals surface area contributed by atoms with Gasteiger partial charge in [0.25, 0.3) is 5.56 Å². The number of nitrogens with one attached hydrogen (secondary N) is 2. The van der Waals surface area contributed by atoms with Gasteiger partial charge in [-0.05, 0) is 87.9 Å². The third kappa shape index (κ3) is 4.10. The molecule has 0 spiro atoms. The Kier molecular flexibility index (Phi) is 5.61. The second-order valence-corrected chi connectivity index (χ2v) is 10.4. The van der Waals surface area contributed by atoms with Crippen LogP contribution in [-0.4, -0.2) is 36.0 Å². The molecule has 3 aromatic heterocycles. The molecule has 1 saturated carbocycles. The van der Waals surface area contributed by atoms with Crippen molar-refractivity contribution in [3.8, 4) is 5.82 Å². The lowest BCUT2D eigenvalue weighted by Gasteiger charge is -2.24. The maximum absolute atomic E-state index is 14.8. The highest BCUT2D eigenvalue weighted by Crippen LogP contribution is 2.45. The molecule has 37 heavy (non-hydrogen) atoms. The van der Waals surface area contributed by atoms with E-state index in [4.69, 9.17) is 4.98 Å². The summed E-state index contributed by atoms with van der Waals surface area (Å²) in [5.74, 6) is 0.0265. The van der Waals surface area contributed by atoms with Gasteiger partial charge in [0.2, 0.25) is 5.95 Å². The summed E-state index contributed by atoms with van der Waals surface area (Å²) >= 11 is 0. The molecule has 9 nitrogen and oxygen atoms in total. The minimum atomic E-state index is -1.39. The van der Waals surface area contributed by atoms with Crippen LogP contribution in [0.4, 0.5) is 16.0 Å². The molecule has 4 heterocycles. The van der Waals surface area contributed by atoms with Gasteiger partial charge in [0, 0.05) is 24.5 Å². The number of nitrogens with zero attached hydrogens (tertiary/aromatic N) is 5. The van der Waals surface area contributed by atoms with Gasteiger partial charge in [-0.2, -0.15) is 4.98 Å². The van der Waals surface area contributed by atoms with Gasteiger partial charge in [0.1, 0.15) is 22.5 Å². The maximum Gasteiger partial charge on any atom is 0.278 e. The van der Waals surface area contributed by atoms with Crippen LogP contribution in [0.5, 0.6) is 0 Å². The number of anilines is 2. The van der Waals surface area contributed by atoms with Crippen LogP contribution in [0.25, 0.3) is 16.9 Å². The van der Waals surface area contributed by atoms with E-state index < -0.39 is 11.4 Å². The Morgan fingerprint density at radius 1 is 1.19 bits per heavy atom. The number of fused-ring (bicyclic) bond motifs is 2. The number of rotatable bonds is 6. The second kappa shape index (κ2) is 8.74. The number of aromatic nitrogens is 5. The number of pyridine rings is 1. The van der Waals surface area contributed by atoms with Crippen molar-refractivity contribution in [2.24, 2.45) is 5.92 Å². The van der Waals surface area contributed by atoms with Crippen molar-refractivity contribution in [3.63, 3.8) is 0 Å². The molecule has 2 aliphatic rings. The summed E-state index contributed by atoms with van der Waals surface area (Å²) in [6, 6.07) is 8.75. The summed E-state index contributed by atoms with van der Waals surface area (Å²) in [7, 11) is 0. The first-order valence-electron chi connectivity index (χ1n) is 12.7. The molecular weight excluding hydrogens is 473 g/mol. The first-order chi connectivity index (χ1) is 17.7. The Hall–Kier alpha value is -3.63. The topological polar surface area (TPSA) is 110 Å². The van der Waals surface area contributed by atoms with Gasteiger partial charge in [-0.3, -0.25) is 4.79 Å². The van der Waals surface area contributed by atoms with Gasteiger partial charge >= 0.3 is 0 Å². The third-order valence-electron chi connectivity index (χ3n) is 7.36. The van der Waals surface area contributed by atoms with E-state index in [0.29, 0.717) is 22.8 Å². The van der Waals surface area contributed by atoms with Crippen molar-refractivity contribution in [2.45, 2.75) is 58.2 Å². The van der Waals surface area contributed by atoms with Crippen molar-refractivity contribution in [3.05, 3.63) is 69.5 Å². The number of hydrogen-bond donors (Lipinski definition) is 3. The van der Waals surface area contributed by atoms with Crippen LogP contribution in [-0.2, 0) is 18.6 Å². The molecule has 0 bridgehead atoms. The highest BCUT2D eigenvalue weighted by atomic mass is 19.1. The van der Waals surface area contributed by atoms with Gasteiger partial charge in [0.15, 0.2) is 11.5 Å². The van der Waals surface area contributed by atoms with E-state index in [1.54, 1.807) is 11.6 Å². The van der Waals surface area contributed by atoms with Crippen molar-refractivity contribution < 1.29 is 9.50 Å². The largest absolute Gasteiger partial charge is 0.383 e. The summed E-state index contributed by atoms with van der Waals surface area (Å²) in [6.07, 6.45) is 4.14. The molecule has 3 N–H and O–H groups in total. The molecule has 1 aliphatic heterocycles. The summed E-state index contributed by atoms with van der Waals surface area (Å²) in [5.41, 5.74) is 2.07. The molecular formula is C27H30FN7O2. The third-order valence-corrected chi connectivity index (χ3v) is 7.36. The number of benzene rings is 1. The van der Waals surface area contributed by atoms with Crippen molar-refractivity contribution >= 4 is 22.7 Å². The Labute approximate surface area is 213 Å². The molecule has 1 aromatic carbocycles. The Bertz CT molecular complexity index is 1570. The van der Waals surface area contributed by atoms with E-state index >= 15 is 0 Å². The standard InChI is InChI=1S/C27H30FN7O2/c1-15(2)34-25(36)20-14-30-26(31-19-7-4-16-10-11-29-13-17(16)12-19)33-24(20)35(34)22-9-8-21(28)23(32-22)27(3,37)18-5-6-18/h4,7-9,12,14-15,18,29,37H,5-6,10-11,13H2,1-3H3,(H,30,31,33). The Morgan fingerprint density at radius 2 is 2.00 bits per heavy atom. The van der Waals surface area contributed by atoms with E-state index in [-0.39, 0.29) is 23.2 Å². The fraction of sp³-hybridized carbons (Fsp3) is 0.407. The van der Waals surface area contributed by atoms with Crippen LogP contribution in [0.1, 0.15) is 56.5 Å². The lowest BCUT2D eigenvalue weighted by Crippen LogP contribution is -2.29. The number of hydrogen-bond acceptors (Lipinski definition) is 7. The predicted molar refractivity (Wildman–Crippen MR) is 139 cm³/mol. The number of aliphatic hydroxyl groups is 1. The van der Waals surface area contributed by atoms with E-state index in [0.717, 1.165) is 38.0 Å². The SMILES string of the molecule is CC(C)n1c(=O)c2cnc(Nc3ccc4c(c3)CNCC4)nc2n1-c1ccc(F)c(C(C)(O)C2CC2)n1. The lowest BCUT2D eigenvalue weighted by atomic mass is 9.95. The van der Waals surface area contributed by atoms with E-state index in [1.807, 2.05) is 19.9 Å². The van der Waals surface area contributed by atoms with Crippen LogP contribution in [0.2, 0.25) is 0 Å². The highest BCUT2D eigenvalue weighted by Gasteiger charge is 2.44. The number of halogens is 1. The van der Waals surface area contributed by atoms with Crippen LogP contribution in [0.3, 0.4) is 0 Å². The average molecular weight is 504 g/mol. The smallest absolute Gasteiger partial charge is 0.278 e. The van der Waals surface area contributed by atoms with Crippen LogP contribution in [0.15, 0.2) is 41.3 Å². The molecule has 1 atom stereocenters. The van der Waals surface area contributed by atoms with E-state index in [9.17, 15) is 14.3 Å².